The summed E-state index contributed by atoms with van der Waals surface area (Å²) in [6.45, 7) is 0.103. The van der Waals surface area contributed by atoms with E-state index in [-0.39, 0.29) is 13.0 Å². The summed E-state index contributed by atoms with van der Waals surface area (Å²) in [4.78, 5) is 23.3. The van der Waals surface area contributed by atoms with Gasteiger partial charge in [0.1, 0.15) is 18.4 Å². The number of carbonyl (C=O) groups excluding carboxylic acids is 1. The van der Waals surface area contributed by atoms with Gasteiger partial charge in [-0.15, -0.1) is 0 Å². The zero-order valence-electron chi connectivity index (χ0n) is 14.0. The second kappa shape index (κ2) is 9.44. The van der Waals surface area contributed by atoms with Crippen molar-refractivity contribution < 1.29 is 24.2 Å². The molecule has 0 bridgehead atoms. The number of carbonyl (C=O) groups is 2. The van der Waals surface area contributed by atoms with Gasteiger partial charge in [0.2, 0.25) is 5.91 Å². The lowest BCUT2D eigenvalue weighted by Crippen LogP contribution is -2.43. The Labute approximate surface area is 146 Å². The largest absolute Gasteiger partial charge is 0.497 e. The van der Waals surface area contributed by atoms with Crippen LogP contribution in [0, 0.1) is 0 Å². The van der Waals surface area contributed by atoms with Gasteiger partial charge in [-0.05, 0) is 23.3 Å². The summed E-state index contributed by atoms with van der Waals surface area (Å²) < 4.78 is 10.4. The van der Waals surface area contributed by atoms with Crippen LogP contribution in [0.4, 0.5) is 0 Å². The van der Waals surface area contributed by atoms with Crippen LogP contribution in [0.25, 0.3) is 0 Å². The molecule has 2 aromatic carbocycles. The molecule has 0 aliphatic carbocycles. The second-order valence-electron chi connectivity index (χ2n) is 5.49. The predicted octanol–water partition coefficient (Wildman–Crippen LogP) is 2.02. The summed E-state index contributed by atoms with van der Waals surface area (Å²) >= 11 is 0. The van der Waals surface area contributed by atoms with Gasteiger partial charge in [0.05, 0.1) is 13.7 Å². The molecule has 1 atom stereocenters. The molecule has 132 valence electrons. The Kier molecular flexibility index (Phi) is 6.98. The van der Waals surface area contributed by atoms with Gasteiger partial charge in [-0.1, -0.05) is 42.5 Å². The highest BCUT2D eigenvalue weighted by atomic mass is 16.5. The van der Waals surface area contributed by atoms with Crippen LogP contribution in [-0.2, 0) is 27.4 Å². The van der Waals surface area contributed by atoms with Gasteiger partial charge in [0.15, 0.2) is 0 Å². The van der Waals surface area contributed by atoms with Crippen molar-refractivity contribution >= 4 is 11.9 Å². The monoisotopic (exact) mass is 343 g/mol. The maximum Gasteiger partial charge on any atom is 0.326 e. The first-order valence-electron chi connectivity index (χ1n) is 7.85. The number of hydrogen-bond acceptors (Lipinski definition) is 4. The molecule has 0 aliphatic rings. The van der Waals surface area contributed by atoms with Crippen LogP contribution in [-0.4, -0.2) is 36.7 Å². The van der Waals surface area contributed by atoms with E-state index < -0.39 is 17.9 Å². The van der Waals surface area contributed by atoms with Crippen LogP contribution >= 0.6 is 0 Å². The fourth-order valence-electron chi connectivity index (χ4n) is 2.27. The molecule has 2 aromatic rings. The van der Waals surface area contributed by atoms with Crippen molar-refractivity contribution in [3.63, 3.8) is 0 Å². The number of rotatable bonds is 9. The molecule has 2 rings (SSSR count). The van der Waals surface area contributed by atoms with Crippen LogP contribution in [0.2, 0.25) is 0 Å². The van der Waals surface area contributed by atoms with Crippen LogP contribution in [0.3, 0.4) is 0 Å². The van der Waals surface area contributed by atoms with Crippen LogP contribution in [0.15, 0.2) is 54.6 Å². The highest BCUT2D eigenvalue weighted by Gasteiger charge is 2.20. The third-order valence-electron chi connectivity index (χ3n) is 3.58. The number of carboxylic acids is 1. The lowest BCUT2D eigenvalue weighted by atomic mass is 10.1. The molecule has 0 heterocycles. The number of ether oxygens (including phenoxy) is 2. The normalized spacial score (nSPS) is 11.6. The molecule has 0 unspecified atom stereocenters. The Morgan fingerprint density at radius 3 is 2.32 bits per heavy atom. The number of amides is 1. The minimum atomic E-state index is -1.09. The number of benzene rings is 2. The molecule has 0 spiro atoms. The van der Waals surface area contributed by atoms with E-state index in [2.05, 4.69) is 5.32 Å². The molecule has 0 saturated heterocycles. The minimum Gasteiger partial charge on any atom is -0.497 e. The zero-order valence-corrected chi connectivity index (χ0v) is 14.0. The lowest BCUT2D eigenvalue weighted by Gasteiger charge is -2.15. The molecule has 0 aromatic heterocycles. The van der Waals surface area contributed by atoms with Gasteiger partial charge in [-0.2, -0.15) is 0 Å². The predicted molar refractivity (Wildman–Crippen MR) is 92.4 cm³/mol. The smallest absolute Gasteiger partial charge is 0.326 e. The standard InChI is InChI=1S/C19H21NO5/c1-24-16-9-7-14(8-10-16)11-17(19(22)23)20-18(21)13-25-12-15-5-3-2-4-6-15/h2-10,17H,11-13H2,1H3,(H,20,21)(H,22,23)/t17-/m0/s1. The van der Waals surface area contributed by atoms with E-state index >= 15 is 0 Å². The minimum absolute atomic E-state index is 0.184. The summed E-state index contributed by atoms with van der Waals surface area (Å²) in [6.07, 6.45) is 0.184. The first-order valence-corrected chi connectivity index (χ1v) is 7.85. The summed E-state index contributed by atoms with van der Waals surface area (Å²) in [7, 11) is 1.56. The molecule has 6 nitrogen and oxygen atoms in total. The van der Waals surface area contributed by atoms with Gasteiger partial charge in [-0.25, -0.2) is 4.79 Å². The quantitative estimate of drug-likeness (QED) is 0.728. The van der Waals surface area contributed by atoms with Gasteiger partial charge >= 0.3 is 5.97 Å². The number of aliphatic carboxylic acids is 1. The van der Waals surface area contributed by atoms with Gasteiger partial charge in [0, 0.05) is 6.42 Å². The van der Waals surface area contributed by atoms with Crippen molar-refractivity contribution in [2.75, 3.05) is 13.7 Å². The van der Waals surface area contributed by atoms with Crippen LogP contribution < -0.4 is 10.1 Å². The highest BCUT2D eigenvalue weighted by molar-refractivity contribution is 5.84. The summed E-state index contributed by atoms with van der Waals surface area (Å²) in [6, 6.07) is 15.5. The number of methoxy groups -OCH3 is 1. The molecule has 0 radical (unpaired) electrons. The Morgan fingerprint density at radius 2 is 1.72 bits per heavy atom. The van der Waals surface area contributed by atoms with Crippen molar-refractivity contribution in [2.24, 2.45) is 0 Å². The summed E-state index contributed by atoms with van der Waals surface area (Å²) in [5, 5.41) is 11.8. The second-order valence-corrected chi connectivity index (χ2v) is 5.49. The average molecular weight is 343 g/mol. The fourth-order valence-corrected chi connectivity index (χ4v) is 2.27. The molecule has 0 aliphatic heterocycles. The van der Waals surface area contributed by atoms with Crippen molar-refractivity contribution in [1.82, 2.24) is 5.32 Å². The molecule has 6 heteroatoms. The van der Waals surface area contributed by atoms with E-state index in [0.717, 1.165) is 11.1 Å². The molecular weight excluding hydrogens is 322 g/mol. The maximum absolute atomic E-state index is 11.9. The fraction of sp³-hybridized carbons (Fsp3) is 0.263. The van der Waals surface area contributed by atoms with E-state index in [0.29, 0.717) is 12.4 Å². The molecule has 0 saturated carbocycles. The van der Waals surface area contributed by atoms with Crippen molar-refractivity contribution in [2.45, 2.75) is 19.1 Å². The van der Waals surface area contributed by atoms with Crippen LogP contribution in [0.5, 0.6) is 5.75 Å². The first kappa shape index (κ1) is 18.5. The van der Waals surface area contributed by atoms with E-state index in [1.54, 1.807) is 31.4 Å². The maximum atomic E-state index is 11.9. The molecule has 2 N–H and O–H groups in total. The van der Waals surface area contributed by atoms with E-state index in [9.17, 15) is 14.7 Å². The molecule has 0 fully saturated rings. The van der Waals surface area contributed by atoms with E-state index in [1.807, 2.05) is 30.3 Å². The number of carboxylic acid groups (broad SMARTS) is 1. The molecular formula is C19H21NO5. The number of hydrogen-bond donors (Lipinski definition) is 2. The molecule has 25 heavy (non-hydrogen) atoms. The van der Waals surface area contributed by atoms with Gasteiger partial charge in [0.25, 0.3) is 0 Å². The van der Waals surface area contributed by atoms with Crippen molar-refractivity contribution in [1.29, 1.82) is 0 Å². The molecule has 1 amide bonds. The summed E-state index contributed by atoms with van der Waals surface area (Å²) in [5.74, 6) is -0.863. The third-order valence-corrected chi connectivity index (χ3v) is 3.58. The van der Waals surface area contributed by atoms with Crippen molar-refractivity contribution in [3.8, 4) is 5.75 Å². The van der Waals surface area contributed by atoms with E-state index in [1.165, 1.54) is 0 Å². The SMILES string of the molecule is COc1ccc(C[C@H](NC(=O)COCc2ccccc2)C(=O)O)cc1. The van der Waals surface area contributed by atoms with Crippen molar-refractivity contribution in [3.05, 3.63) is 65.7 Å². The van der Waals surface area contributed by atoms with Crippen LogP contribution in [0.1, 0.15) is 11.1 Å². The first-order chi connectivity index (χ1) is 12.1. The topological polar surface area (TPSA) is 84.9 Å². The Balaban J connectivity index is 1.83. The Bertz CT molecular complexity index is 685. The Morgan fingerprint density at radius 1 is 1.04 bits per heavy atom. The summed E-state index contributed by atoms with van der Waals surface area (Å²) in [5.41, 5.74) is 1.74. The average Bonchev–Trinajstić information content (AvgIpc) is 2.62. The third kappa shape index (κ3) is 6.27. The van der Waals surface area contributed by atoms with Gasteiger partial charge in [-0.3, -0.25) is 4.79 Å². The zero-order chi connectivity index (χ0) is 18.1. The van der Waals surface area contributed by atoms with Gasteiger partial charge < -0.3 is 19.9 Å². The lowest BCUT2D eigenvalue weighted by molar-refractivity contribution is -0.142. The highest BCUT2D eigenvalue weighted by Crippen LogP contribution is 2.13. The van der Waals surface area contributed by atoms with E-state index in [4.69, 9.17) is 9.47 Å². The Hall–Kier alpha value is -2.86. The number of nitrogens with one attached hydrogen (secondary N) is 1.